The Balaban J connectivity index is 2.03. The fraction of sp³-hybridized carbons (Fsp3) is 0.538. The Morgan fingerprint density at radius 1 is 1.35 bits per heavy atom. The van der Waals surface area contributed by atoms with E-state index in [0.717, 1.165) is 25.7 Å². The number of nitrogens with zero attached hydrogens (tertiary/aromatic N) is 1. The van der Waals surface area contributed by atoms with Crippen LogP contribution in [-0.2, 0) is 10.0 Å². The van der Waals surface area contributed by atoms with Crippen LogP contribution in [0.3, 0.4) is 0 Å². The maximum absolute atomic E-state index is 12.1. The van der Waals surface area contributed by atoms with Crippen LogP contribution in [0, 0.1) is 5.92 Å². The van der Waals surface area contributed by atoms with Gasteiger partial charge in [-0.15, -0.1) is 0 Å². The molecule has 1 heterocycles. The van der Waals surface area contributed by atoms with Gasteiger partial charge < -0.3 is 5.11 Å². The van der Waals surface area contributed by atoms with Crippen LogP contribution in [0.5, 0.6) is 0 Å². The van der Waals surface area contributed by atoms with Crippen molar-refractivity contribution in [3.8, 4) is 0 Å². The van der Waals surface area contributed by atoms with Crippen molar-refractivity contribution in [3.63, 3.8) is 0 Å². The molecule has 0 amide bonds. The first-order chi connectivity index (χ1) is 9.46. The van der Waals surface area contributed by atoms with E-state index in [9.17, 15) is 13.2 Å². The molecule has 7 heteroatoms. The van der Waals surface area contributed by atoms with Crippen molar-refractivity contribution in [2.75, 3.05) is 10.5 Å². The molecule has 0 atom stereocenters. The van der Waals surface area contributed by atoms with Crippen molar-refractivity contribution in [1.82, 2.24) is 4.98 Å². The van der Waals surface area contributed by atoms with Crippen LogP contribution < -0.4 is 4.72 Å². The zero-order valence-corrected chi connectivity index (χ0v) is 11.9. The number of anilines is 1. The summed E-state index contributed by atoms with van der Waals surface area (Å²) in [6.07, 6.45) is 6.50. The minimum Gasteiger partial charge on any atom is -0.477 e. The van der Waals surface area contributed by atoms with Crippen LogP contribution in [-0.4, -0.2) is 30.2 Å². The minimum atomic E-state index is -3.45. The van der Waals surface area contributed by atoms with Crippen molar-refractivity contribution in [2.24, 2.45) is 5.92 Å². The number of pyridine rings is 1. The van der Waals surface area contributed by atoms with E-state index >= 15 is 0 Å². The second-order valence-electron chi connectivity index (χ2n) is 5.12. The number of carboxylic acid groups (broad SMARTS) is 1. The summed E-state index contributed by atoms with van der Waals surface area (Å²) in [6, 6.07) is 2.67. The van der Waals surface area contributed by atoms with Gasteiger partial charge in [-0.25, -0.2) is 18.2 Å². The van der Waals surface area contributed by atoms with Gasteiger partial charge in [0.25, 0.3) is 0 Å². The maximum Gasteiger partial charge on any atom is 0.354 e. The normalized spacial score (nSPS) is 16.8. The Labute approximate surface area is 118 Å². The molecule has 0 aromatic carbocycles. The van der Waals surface area contributed by atoms with Crippen LogP contribution in [0.15, 0.2) is 18.3 Å². The highest BCUT2D eigenvalue weighted by atomic mass is 32.2. The number of sulfonamides is 1. The van der Waals surface area contributed by atoms with Crippen molar-refractivity contribution in [2.45, 2.75) is 32.1 Å². The average molecular weight is 298 g/mol. The summed E-state index contributed by atoms with van der Waals surface area (Å²) in [7, 11) is -3.45. The van der Waals surface area contributed by atoms with Gasteiger partial charge in [0.2, 0.25) is 10.0 Å². The maximum atomic E-state index is 12.1. The molecule has 1 aromatic heterocycles. The van der Waals surface area contributed by atoms with E-state index in [1.54, 1.807) is 0 Å². The van der Waals surface area contributed by atoms with Crippen molar-refractivity contribution in [3.05, 3.63) is 24.0 Å². The van der Waals surface area contributed by atoms with Gasteiger partial charge in [-0.05, 0) is 30.9 Å². The molecule has 0 radical (unpaired) electrons. The molecule has 1 aliphatic rings. The molecule has 110 valence electrons. The Morgan fingerprint density at radius 2 is 2.05 bits per heavy atom. The van der Waals surface area contributed by atoms with Crippen molar-refractivity contribution >= 4 is 21.7 Å². The van der Waals surface area contributed by atoms with Crippen molar-refractivity contribution < 1.29 is 18.3 Å². The molecule has 1 aromatic rings. The van der Waals surface area contributed by atoms with Gasteiger partial charge >= 0.3 is 5.97 Å². The molecule has 1 saturated carbocycles. The average Bonchev–Trinajstić information content (AvgIpc) is 2.39. The lowest BCUT2D eigenvalue weighted by Crippen LogP contribution is -2.24. The molecule has 0 spiro atoms. The summed E-state index contributed by atoms with van der Waals surface area (Å²) in [6.45, 7) is 0. The standard InChI is InChI=1S/C13H18N2O4S/c16-13(17)12-8-11(6-7-14-12)15-20(18,19)9-10-4-2-1-3-5-10/h6-8,10H,1-5,9H2,(H,14,15)(H,16,17). The fourth-order valence-electron chi connectivity index (χ4n) is 2.50. The molecule has 0 bridgehead atoms. The summed E-state index contributed by atoms with van der Waals surface area (Å²) < 4.78 is 26.6. The van der Waals surface area contributed by atoms with Gasteiger partial charge in [-0.1, -0.05) is 19.3 Å². The molecule has 1 aliphatic carbocycles. The number of rotatable bonds is 5. The second kappa shape index (κ2) is 6.21. The first-order valence-electron chi connectivity index (χ1n) is 6.66. The smallest absolute Gasteiger partial charge is 0.354 e. The highest BCUT2D eigenvalue weighted by Crippen LogP contribution is 2.25. The molecular formula is C13H18N2O4S. The van der Waals surface area contributed by atoms with E-state index in [1.807, 2.05) is 0 Å². The number of hydrogen-bond donors (Lipinski definition) is 2. The lowest BCUT2D eigenvalue weighted by atomic mass is 9.91. The fourth-order valence-corrected chi connectivity index (χ4v) is 4.02. The van der Waals surface area contributed by atoms with Crippen LogP contribution >= 0.6 is 0 Å². The zero-order valence-electron chi connectivity index (χ0n) is 11.1. The topological polar surface area (TPSA) is 96.4 Å². The zero-order chi connectivity index (χ0) is 14.6. The van der Waals surface area contributed by atoms with Gasteiger partial charge in [0.15, 0.2) is 0 Å². The number of carbonyl (C=O) groups is 1. The van der Waals surface area contributed by atoms with Gasteiger partial charge in [0, 0.05) is 6.20 Å². The third kappa shape index (κ3) is 4.19. The van der Waals surface area contributed by atoms with Crippen LogP contribution in [0.1, 0.15) is 42.6 Å². The van der Waals surface area contributed by atoms with E-state index < -0.39 is 16.0 Å². The van der Waals surface area contributed by atoms with E-state index in [-0.39, 0.29) is 23.1 Å². The molecule has 2 rings (SSSR count). The van der Waals surface area contributed by atoms with E-state index in [0.29, 0.717) is 0 Å². The highest BCUT2D eigenvalue weighted by molar-refractivity contribution is 7.92. The predicted octanol–water partition coefficient (Wildman–Crippen LogP) is 2.10. The summed E-state index contributed by atoms with van der Waals surface area (Å²) in [5.41, 5.74) is 0.0658. The summed E-state index contributed by atoms with van der Waals surface area (Å²) in [4.78, 5) is 14.4. The third-order valence-electron chi connectivity index (χ3n) is 3.43. The molecule has 0 saturated heterocycles. The Morgan fingerprint density at radius 3 is 2.70 bits per heavy atom. The lowest BCUT2D eigenvalue weighted by Gasteiger charge is -2.21. The molecule has 20 heavy (non-hydrogen) atoms. The Bertz CT molecular complexity index is 580. The monoisotopic (exact) mass is 298 g/mol. The lowest BCUT2D eigenvalue weighted by molar-refractivity contribution is 0.0690. The SMILES string of the molecule is O=C(O)c1cc(NS(=O)(=O)CC2CCCCC2)ccn1. The largest absolute Gasteiger partial charge is 0.477 e. The molecule has 0 unspecified atom stereocenters. The molecule has 2 N–H and O–H groups in total. The van der Waals surface area contributed by atoms with E-state index in [2.05, 4.69) is 9.71 Å². The van der Waals surface area contributed by atoms with Gasteiger partial charge in [-0.3, -0.25) is 4.72 Å². The van der Waals surface area contributed by atoms with Gasteiger partial charge in [0.1, 0.15) is 5.69 Å². The Hall–Kier alpha value is -1.63. The van der Waals surface area contributed by atoms with Crippen LogP contribution in [0.2, 0.25) is 0 Å². The quantitative estimate of drug-likeness (QED) is 0.867. The number of aromatic carboxylic acids is 1. The molecule has 0 aliphatic heterocycles. The highest BCUT2D eigenvalue weighted by Gasteiger charge is 2.21. The number of hydrogen-bond acceptors (Lipinski definition) is 4. The van der Waals surface area contributed by atoms with Crippen LogP contribution in [0.25, 0.3) is 0 Å². The number of aromatic nitrogens is 1. The molecule has 1 fully saturated rings. The molecule has 6 nitrogen and oxygen atoms in total. The summed E-state index contributed by atoms with van der Waals surface area (Å²) in [5.74, 6) is -0.891. The Kier molecular flexibility index (Phi) is 4.59. The molecular weight excluding hydrogens is 280 g/mol. The van der Waals surface area contributed by atoms with E-state index in [1.165, 1.54) is 24.8 Å². The summed E-state index contributed by atoms with van der Waals surface area (Å²) in [5, 5.41) is 8.83. The van der Waals surface area contributed by atoms with Crippen LogP contribution in [0.4, 0.5) is 5.69 Å². The first kappa shape index (κ1) is 14.8. The number of carboxylic acids is 1. The van der Waals surface area contributed by atoms with Gasteiger partial charge in [0.05, 0.1) is 11.4 Å². The van der Waals surface area contributed by atoms with E-state index in [4.69, 9.17) is 5.11 Å². The first-order valence-corrected chi connectivity index (χ1v) is 8.31. The minimum absolute atomic E-state index is 0.0950. The van der Waals surface area contributed by atoms with Gasteiger partial charge in [-0.2, -0.15) is 0 Å². The summed E-state index contributed by atoms with van der Waals surface area (Å²) >= 11 is 0. The third-order valence-corrected chi connectivity index (χ3v) is 4.89. The number of nitrogens with one attached hydrogen (secondary N) is 1. The second-order valence-corrected chi connectivity index (χ2v) is 6.89. The predicted molar refractivity (Wildman–Crippen MR) is 75.2 cm³/mol. The van der Waals surface area contributed by atoms with Crippen molar-refractivity contribution in [1.29, 1.82) is 0 Å².